The van der Waals surface area contributed by atoms with Gasteiger partial charge in [0.2, 0.25) is 0 Å². The molecule has 0 saturated carbocycles. The Morgan fingerprint density at radius 2 is 1.54 bits per heavy atom. The molecule has 0 fully saturated rings. The predicted molar refractivity (Wildman–Crippen MR) is 117 cm³/mol. The molecule has 1 unspecified atom stereocenters. The van der Waals surface area contributed by atoms with E-state index in [1.54, 1.807) is 0 Å². The third-order valence-corrected chi connectivity index (χ3v) is 6.13. The Morgan fingerprint density at radius 1 is 0.893 bits per heavy atom. The third kappa shape index (κ3) is 7.16. The molecular weight excluding hydrogens is 348 g/mol. The summed E-state index contributed by atoms with van der Waals surface area (Å²) in [7, 11) is 0. The molecule has 1 aliphatic rings. The molecule has 0 saturated heterocycles. The monoisotopic (exact) mass is 388 g/mol. The van der Waals surface area contributed by atoms with Crippen LogP contribution in [0.25, 0.3) is 0 Å². The van der Waals surface area contributed by atoms with Gasteiger partial charge in [0.05, 0.1) is 19.0 Å². The molecule has 0 heterocycles. The summed E-state index contributed by atoms with van der Waals surface area (Å²) in [6.07, 6.45) is 6.79. The lowest BCUT2D eigenvalue weighted by Gasteiger charge is -2.33. The molecule has 0 N–H and O–H groups in total. The molecule has 1 aliphatic carbocycles. The van der Waals surface area contributed by atoms with Crippen LogP contribution in [0.4, 0.5) is 0 Å². The summed E-state index contributed by atoms with van der Waals surface area (Å²) in [6.45, 7) is 16.1. The van der Waals surface area contributed by atoms with E-state index < -0.39 is 0 Å². The minimum atomic E-state index is 0.211. The summed E-state index contributed by atoms with van der Waals surface area (Å²) in [5, 5.41) is 0. The molecule has 0 radical (unpaired) electrons. The fraction of sp³-hybridized carbons (Fsp3) is 0.680. The lowest BCUT2D eigenvalue weighted by Crippen LogP contribution is -2.22. The van der Waals surface area contributed by atoms with Gasteiger partial charge in [-0.1, -0.05) is 53.7 Å². The minimum absolute atomic E-state index is 0.211. The summed E-state index contributed by atoms with van der Waals surface area (Å²) < 4.78 is 17.3. The van der Waals surface area contributed by atoms with E-state index in [1.165, 1.54) is 12.0 Å². The Hall–Kier alpha value is -1.48. The summed E-state index contributed by atoms with van der Waals surface area (Å²) in [5.74, 6) is 2.79. The van der Waals surface area contributed by atoms with Crippen molar-refractivity contribution in [3.63, 3.8) is 0 Å². The highest BCUT2D eigenvalue weighted by Gasteiger charge is 2.26. The van der Waals surface area contributed by atoms with Crippen LogP contribution in [0.15, 0.2) is 36.1 Å². The Bertz CT molecular complexity index is 608. The Labute approximate surface area is 172 Å². The molecule has 1 aromatic carbocycles. The smallest absolute Gasteiger partial charge is 0.119 e. The molecule has 2 rings (SSSR count). The van der Waals surface area contributed by atoms with E-state index in [0.717, 1.165) is 36.7 Å². The van der Waals surface area contributed by atoms with Crippen LogP contribution in [0.1, 0.15) is 72.8 Å². The Balaban J connectivity index is 1.56. The van der Waals surface area contributed by atoms with E-state index in [2.05, 4.69) is 71.9 Å². The van der Waals surface area contributed by atoms with Gasteiger partial charge in [-0.25, -0.2) is 0 Å². The zero-order valence-electron chi connectivity index (χ0n) is 18.8. The van der Waals surface area contributed by atoms with Gasteiger partial charge < -0.3 is 14.2 Å². The average Bonchev–Trinajstić information content (AvgIpc) is 2.67. The van der Waals surface area contributed by atoms with Crippen LogP contribution in [-0.4, -0.2) is 26.4 Å². The van der Waals surface area contributed by atoms with E-state index in [0.29, 0.717) is 31.8 Å². The van der Waals surface area contributed by atoms with Gasteiger partial charge in [-0.2, -0.15) is 0 Å². The first-order chi connectivity index (χ1) is 13.2. The van der Waals surface area contributed by atoms with Gasteiger partial charge in [-0.05, 0) is 59.8 Å². The maximum absolute atomic E-state index is 5.86. The Kier molecular flexibility index (Phi) is 8.42. The molecule has 3 nitrogen and oxygen atoms in total. The molecule has 0 amide bonds. The van der Waals surface area contributed by atoms with Crippen LogP contribution in [0, 0.1) is 11.3 Å². The third-order valence-electron chi connectivity index (χ3n) is 6.13. The van der Waals surface area contributed by atoms with Gasteiger partial charge in [-0.3, -0.25) is 0 Å². The van der Waals surface area contributed by atoms with Gasteiger partial charge in [0.25, 0.3) is 0 Å². The zero-order chi connectivity index (χ0) is 20.6. The van der Waals surface area contributed by atoms with Crippen LogP contribution in [-0.2, 0) is 14.9 Å². The second-order valence-electron chi connectivity index (χ2n) is 9.58. The summed E-state index contributed by atoms with van der Waals surface area (Å²) in [4.78, 5) is 0. The molecule has 3 heteroatoms. The predicted octanol–water partition coefficient (Wildman–Crippen LogP) is 6.52. The molecule has 158 valence electrons. The summed E-state index contributed by atoms with van der Waals surface area (Å²) in [5.41, 5.74) is 1.95. The normalized spacial score (nSPS) is 17.9. The fourth-order valence-electron chi connectivity index (χ4n) is 3.49. The van der Waals surface area contributed by atoms with Crippen LogP contribution in [0.3, 0.4) is 0 Å². The number of hydrogen-bond donors (Lipinski definition) is 0. The second-order valence-corrected chi connectivity index (χ2v) is 9.58. The molecular formula is C25H40O3. The number of ether oxygens (including phenoxy) is 3. The second kappa shape index (κ2) is 10.3. The van der Waals surface area contributed by atoms with Gasteiger partial charge in [0.1, 0.15) is 19.0 Å². The molecule has 1 atom stereocenters. The molecule has 1 aromatic rings. The lowest BCUT2D eigenvalue weighted by molar-refractivity contribution is 0.0532. The lowest BCUT2D eigenvalue weighted by atomic mass is 9.74. The molecule has 0 aromatic heterocycles. The van der Waals surface area contributed by atoms with Gasteiger partial charge in [0.15, 0.2) is 0 Å². The van der Waals surface area contributed by atoms with E-state index in [1.807, 2.05) is 0 Å². The number of hydrogen-bond acceptors (Lipinski definition) is 3. The highest BCUT2D eigenvalue weighted by molar-refractivity contribution is 5.31. The number of allylic oxidation sites excluding steroid dienone is 2. The van der Waals surface area contributed by atoms with Crippen molar-refractivity contribution in [1.29, 1.82) is 0 Å². The Morgan fingerprint density at radius 3 is 2.07 bits per heavy atom. The summed E-state index contributed by atoms with van der Waals surface area (Å²) in [6, 6.07) is 8.43. The highest BCUT2D eigenvalue weighted by atomic mass is 16.5. The minimum Gasteiger partial charge on any atom is -0.496 e. The van der Waals surface area contributed by atoms with Crippen molar-refractivity contribution in [2.45, 2.75) is 72.6 Å². The highest BCUT2D eigenvalue weighted by Crippen LogP contribution is 2.37. The van der Waals surface area contributed by atoms with E-state index in [9.17, 15) is 0 Å². The van der Waals surface area contributed by atoms with E-state index in [-0.39, 0.29) is 5.41 Å². The van der Waals surface area contributed by atoms with Crippen molar-refractivity contribution in [2.75, 3.05) is 26.4 Å². The standard InChI is InChI=1S/C25H40O3/c1-7-25(5,6)21-10-14-23(15-11-21)28-19-17-26-16-18-27-22-12-8-20(9-13-22)24(2,3)4/h10-12,14-15,20H,7-9,13,16-19H2,1-6H3. The van der Waals surface area contributed by atoms with E-state index >= 15 is 0 Å². The van der Waals surface area contributed by atoms with Crippen molar-refractivity contribution < 1.29 is 14.2 Å². The number of rotatable bonds is 10. The van der Waals surface area contributed by atoms with Crippen LogP contribution < -0.4 is 4.74 Å². The quantitative estimate of drug-likeness (QED) is 0.427. The van der Waals surface area contributed by atoms with Crippen molar-refractivity contribution in [3.8, 4) is 5.75 Å². The van der Waals surface area contributed by atoms with Crippen molar-refractivity contribution in [3.05, 3.63) is 41.7 Å². The van der Waals surface area contributed by atoms with Crippen molar-refractivity contribution in [1.82, 2.24) is 0 Å². The molecule has 28 heavy (non-hydrogen) atoms. The average molecular weight is 389 g/mol. The summed E-state index contributed by atoms with van der Waals surface area (Å²) >= 11 is 0. The van der Waals surface area contributed by atoms with E-state index in [4.69, 9.17) is 14.2 Å². The first-order valence-electron chi connectivity index (χ1n) is 10.9. The van der Waals surface area contributed by atoms with Gasteiger partial charge in [0, 0.05) is 6.42 Å². The number of benzene rings is 1. The first kappa shape index (κ1) is 22.8. The first-order valence-corrected chi connectivity index (χ1v) is 10.9. The molecule has 0 aliphatic heterocycles. The SMILES string of the molecule is CCC(C)(C)c1ccc(OCCOCCOC2=CCC(C(C)(C)C)CC2)cc1. The molecule has 0 bridgehead atoms. The fourth-order valence-corrected chi connectivity index (χ4v) is 3.49. The largest absolute Gasteiger partial charge is 0.496 e. The maximum atomic E-state index is 5.86. The zero-order valence-corrected chi connectivity index (χ0v) is 18.8. The van der Waals surface area contributed by atoms with Crippen LogP contribution >= 0.6 is 0 Å². The maximum Gasteiger partial charge on any atom is 0.119 e. The van der Waals surface area contributed by atoms with Gasteiger partial charge >= 0.3 is 0 Å². The van der Waals surface area contributed by atoms with Crippen molar-refractivity contribution in [2.24, 2.45) is 11.3 Å². The van der Waals surface area contributed by atoms with Crippen LogP contribution in [0.2, 0.25) is 0 Å². The van der Waals surface area contributed by atoms with Crippen molar-refractivity contribution >= 4 is 0 Å². The topological polar surface area (TPSA) is 27.7 Å². The molecule has 0 spiro atoms. The van der Waals surface area contributed by atoms with Gasteiger partial charge in [-0.15, -0.1) is 0 Å². The van der Waals surface area contributed by atoms with Crippen LogP contribution in [0.5, 0.6) is 5.75 Å².